The summed E-state index contributed by atoms with van der Waals surface area (Å²) in [5.74, 6) is 1.39. The van der Waals surface area contributed by atoms with Crippen LogP contribution in [0.25, 0.3) is 0 Å². The summed E-state index contributed by atoms with van der Waals surface area (Å²) in [4.78, 5) is 6.27. The Hall–Kier alpha value is -1.49. The lowest BCUT2D eigenvalue weighted by Gasteiger charge is -2.40. The number of aromatic amines is 1. The van der Waals surface area contributed by atoms with Crippen LogP contribution in [0.4, 0.5) is 11.9 Å². The van der Waals surface area contributed by atoms with E-state index in [1.807, 2.05) is 24.3 Å². The van der Waals surface area contributed by atoms with E-state index in [0.29, 0.717) is 11.9 Å². The SMILES string of the molecule is CC1CN(c2n[nH]c(N)n2)CCC1C(NS(=O)O)c1ccc(Br)cc1. The molecule has 0 bridgehead atoms. The molecule has 2 heterocycles. The molecule has 1 aromatic carbocycles. The van der Waals surface area contributed by atoms with Crippen LogP contribution in [-0.2, 0) is 11.3 Å². The highest BCUT2D eigenvalue weighted by Gasteiger charge is 2.34. The van der Waals surface area contributed by atoms with E-state index in [-0.39, 0.29) is 17.9 Å². The number of nitrogens with zero attached hydrogens (tertiary/aromatic N) is 3. The molecule has 0 spiro atoms. The van der Waals surface area contributed by atoms with E-state index in [2.05, 4.69) is 47.7 Å². The Morgan fingerprint density at radius 3 is 2.76 bits per heavy atom. The molecule has 1 aliphatic heterocycles. The van der Waals surface area contributed by atoms with Crippen molar-refractivity contribution in [1.29, 1.82) is 0 Å². The lowest BCUT2D eigenvalue weighted by atomic mass is 9.79. The highest BCUT2D eigenvalue weighted by Crippen LogP contribution is 2.36. The van der Waals surface area contributed by atoms with Gasteiger partial charge in [-0.3, -0.25) is 4.55 Å². The Balaban J connectivity index is 1.77. The summed E-state index contributed by atoms with van der Waals surface area (Å²) in [5, 5.41) is 6.77. The summed E-state index contributed by atoms with van der Waals surface area (Å²) >= 11 is 1.34. The van der Waals surface area contributed by atoms with Crippen LogP contribution in [0.2, 0.25) is 0 Å². The van der Waals surface area contributed by atoms with Crippen molar-refractivity contribution in [1.82, 2.24) is 19.9 Å². The lowest BCUT2D eigenvalue weighted by molar-refractivity contribution is 0.241. The summed E-state index contributed by atoms with van der Waals surface area (Å²) in [6.07, 6.45) is 0.848. The maximum atomic E-state index is 11.4. The minimum atomic E-state index is -2.08. The van der Waals surface area contributed by atoms with Gasteiger partial charge in [0.15, 0.2) is 0 Å². The van der Waals surface area contributed by atoms with E-state index in [0.717, 1.165) is 29.5 Å². The second-order valence-electron chi connectivity index (χ2n) is 6.29. The lowest BCUT2D eigenvalue weighted by Crippen LogP contribution is -2.45. The number of nitrogen functional groups attached to an aromatic ring is 1. The van der Waals surface area contributed by atoms with Crippen LogP contribution in [0.3, 0.4) is 0 Å². The van der Waals surface area contributed by atoms with Gasteiger partial charge < -0.3 is 10.6 Å². The zero-order chi connectivity index (χ0) is 18.0. The second kappa shape index (κ2) is 7.81. The van der Waals surface area contributed by atoms with E-state index >= 15 is 0 Å². The molecule has 2 aromatic rings. The summed E-state index contributed by atoms with van der Waals surface area (Å²) in [5.41, 5.74) is 6.61. The van der Waals surface area contributed by atoms with Gasteiger partial charge in [0.2, 0.25) is 23.2 Å². The summed E-state index contributed by atoms with van der Waals surface area (Å²) in [6.45, 7) is 3.66. The molecule has 10 heteroatoms. The third kappa shape index (κ3) is 4.38. The molecule has 0 amide bonds. The minimum absolute atomic E-state index is 0.201. The molecule has 0 saturated carbocycles. The van der Waals surface area contributed by atoms with Gasteiger partial charge in [0.05, 0.1) is 0 Å². The topological polar surface area (TPSA) is 120 Å². The van der Waals surface area contributed by atoms with Crippen LogP contribution in [-0.4, -0.2) is 37.0 Å². The largest absolute Gasteiger partial charge is 0.368 e. The monoisotopic (exact) mass is 428 g/mol. The molecule has 1 fully saturated rings. The summed E-state index contributed by atoms with van der Waals surface area (Å²) in [6, 6.07) is 7.64. The quantitative estimate of drug-likeness (QED) is 0.541. The molecular formula is C15H21BrN6O2S. The molecule has 136 valence electrons. The molecule has 1 saturated heterocycles. The van der Waals surface area contributed by atoms with Crippen LogP contribution in [0.1, 0.15) is 24.9 Å². The molecule has 25 heavy (non-hydrogen) atoms. The van der Waals surface area contributed by atoms with Gasteiger partial charge in [0, 0.05) is 23.6 Å². The number of anilines is 2. The van der Waals surface area contributed by atoms with E-state index in [4.69, 9.17) is 5.73 Å². The third-order valence-corrected chi connectivity index (χ3v) is 5.61. The van der Waals surface area contributed by atoms with Crippen molar-refractivity contribution in [3.05, 3.63) is 34.3 Å². The van der Waals surface area contributed by atoms with Gasteiger partial charge in [-0.15, -0.1) is 5.10 Å². The number of aromatic nitrogens is 3. The Bertz CT molecular complexity index is 740. The van der Waals surface area contributed by atoms with Crippen molar-refractivity contribution in [2.75, 3.05) is 23.7 Å². The maximum absolute atomic E-state index is 11.4. The zero-order valence-electron chi connectivity index (χ0n) is 13.7. The smallest absolute Gasteiger partial charge is 0.246 e. The number of H-pyrrole nitrogens is 1. The Morgan fingerprint density at radius 2 is 2.20 bits per heavy atom. The molecular weight excluding hydrogens is 408 g/mol. The standard InChI is InChI=1S/C15H21BrN6O2S/c1-9-8-22(15-18-14(17)19-20-15)7-6-12(9)13(21-25(23)24)10-2-4-11(16)5-3-10/h2-5,9,12-13,21H,6-8H2,1H3,(H,23,24)(H3,17,18,19,20). The summed E-state index contributed by atoms with van der Waals surface area (Å²) < 4.78 is 24.6. The van der Waals surface area contributed by atoms with E-state index in [1.54, 1.807) is 0 Å². The fraction of sp³-hybridized carbons (Fsp3) is 0.467. The van der Waals surface area contributed by atoms with Gasteiger partial charge in [-0.2, -0.15) is 4.98 Å². The first-order valence-electron chi connectivity index (χ1n) is 7.99. The van der Waals surface area contributed by atoms with Gasteiger partial charge in [0.1, 0.15) is 0 Å². The van der Waals surface area contributed by atoms with Gasteiger partial charge in [0.25, 0.3) is 0 Å². The maximum Gasteiger partial charge on any atom is 0.246 e. The molecule has 1 aliphatic rings. The highest BCUT2D eigenvalue weighted by molar-refractivity contribution is 9.10. The number of nitrogens with one attached hydrogen (secondary N) is 2. The fourth-order valence-corrected chi connectivity index (χ4v) is 4.22. The Labute approximate surface area is 157 Å². The number of nitrogens with two attached hydrogens (primary N) is 1. The van der Waals surface area contributed by atoms with Gasteiger partial charge in [-0.05, 0) is 36.0 Å². The van der Waals surface area contributed by atoms with E-state index < -0.39 is 11.3 Å². The van der Waals surface area contributed by atoms with Crippen LogP contribution < -0.4 is 15.4 Å². The first-order chi connectivity index (χ1) is 11.9. The number of piperidine rings is 1. The van der Waals surface area contributed by atoms with Crippen molar-refractivity contribution < 1.29 is 8.76 Å². The molecule has 0 radical (unpaired) electrons. The number of halogens is 1. The third-order valence-electron chi connectivity index (χ3n) is 4.63. The van der Waals surface area contributed by atoms with E-state index in [1.165, 1.54) is 0 Å². The summed E-state index contributed by atoms with van der Waals surface area (Å²) in [7, 11) is 0. The Morgan fingerprint density at radius 1 is 1.48 bits per heavy atom. The molecule has 4 unspecified atom stereocenters. The normalized spacial score (nSPS) is 23.4. The molecule has 5 N–H and O–H groups in total. The number of hydrogen-bond donors (Lipinski definition) is 4. The predicted molar refractivity (Wildman–Crippen MR) is 101 cm³/mol. The number of hydrogen-bond acceptors (Lipinski definition) is 5. The number of rotatable bonds is 5. The van der Waals surface area contributed by atoms with Gasteiger partial charge in [-0.25, -0.2) is 14.0 Å². The predicted octanol–water partition coefficient (Wildman–Crippen LogP) is 2.08. The van der Waals surface area contributed by atoms with Crippen LogP contribution in [0.15, 0.2) is 28.7 Å². The number of benzene rings is 1. The minimum Gasteiger partial charge on any atom is -0.368 e. The van der Waals surface area contributed by atoms with E-state index in [9.17, 15) is 8.76 Å². The van der Waals surface area contributed by atoms with Gasteiger partial charge >= 0.3 is 0 Å². The Kier molecular flexibility index (Phi) is 5.72. The molecule has 3 rings (SSSR count). The first kappa shape index (κ1) is 18.3. The molecule has 4 atom stereocenters. The van der Waals surface area contributed by atoms with Crippen LogP contribution in [0, 0.1) is 11.8 Å². The average molecular weight is 429 g/mol. The van der Waals surface area contributed by atoms with Crippen LogP contribution >= 0.6 is 15.9 Å². The average Bonchev–Trinajstić information content (AvgIpc) is 3.00. The molecule has 8 nitrogen and oxygen atoms in total. The van der Waals surface area contributed by atoms with Crippen molar-refractivity contribution >= 4 is 39.1 Å². The zero-order valence-corrected chi connectivity index (χ0v) is 16.1. The second-order valence-corrected chi connectivity index (χ2v) is 7.94. The van der Waals surface area contributed by atoms with Crippen molar-refractivity contribution in [2.45, 2.75) is 19.4 Å². The van der Waals surface area contributed by atoms with Gasteiger partial charge in [-0.1, -0.05) is 35.0 Å². The highest BCUT2D eigenvalue weighted by atomic mass is 79.9. The molecule has 1 aromatic heterocycles. The van der Waals surface area contributed by atoms with Crippen molar-refractivity contribution in [2.24, 2.45) is 11.8 Å². The van der Waals surface area contributed by atoms with Crippen molar-refractivity contribution in [3.63, 3.8) is 0 Å². The van der Waals surface area contributed by atoms with Crippen LogP contribution in [0.5, 0.6) is 0 Å². The van der Waals surface area contributed by atoms with Crippen molar-refractivity contribution in [3.8, 4) is 0 Å². The molecule has 0 aliphatic carbocycles. The fourth-order valence-electron chi connectivity index (χ4n) is 3.43. The first-order valence-corrected chi connectivity index (χ1v) is 9.89.